The summed E-state index contributed by atoms with van der Waals surface area (Å²) in [5.74, 6) is 0.574. The molecule has 1 N–H and O–H groups in total. The quantitative estimate of drug-likeness (QED) is 0.880. The van der Waals surface area contributed by atoms with Crippen molar-refractivity contribution in [2.24, 2.45) is 13.0 Å². The minimum atomic E-state index is 0.0277. The number of morpholine rings is 1. The number of ether oxygens (including phenoxy) is 1. The van der Waals surface area contributed by atoms with Gasteiger partial charge in [-0.2, -0.15) is 5.10 Å². The molecule has 3 aliphatic rings. The first-order chi connectivity index (χ1) is 11.2. The number of amides is 1. The van der Waals surface area contributed by atoms with Crippen LogP contribution < -0.4 is 5.32 Å². The molecule has 2 unspecified atom stereocenters. The SMILES string of the molecule is Cn1cc([C@H]2CNC[C@@H]2C(=O)N2CCOC3CCCCC32)cn1. The molecule has 6 nitrogen and oxygen atoms in total. The van der Waals surface area contributed by atoms with Gasteiger partial charge >= 0.3 is 0 Å². The first-order valence-electron chi connectivity index (χ1n) is 8.85. The standard InChI is InChI=1S/C17H26N4O2/c1-20-11-12(8-19-20)13-9-18-10-14(13)17(22)21-6-7-23-16-5-3-2-4-15(16)21/h8,11,13-16,18H,2-7,9-10H2,1H3/t13-,14+,15?,16?/m1/s1. The molecule has 0 radical (unpaired) electrons. The van der Waals surface area contributed by atoms with Gasteiger partial charge in [-0.15, -0.1) is 0 Å². The Hall–Kier alpha value is -1.40. The van der Waals surface area contributed by atoms with Crippen molar-refractivity contribution in [2.45, 2.75) is 43.7 Å². The Morgan fingerprint density at radius 3 is 3.04 bits per heavy atom. The van der Waals surface area contributed by atoms with E-state index >= 15 is 0 Å². The number of carbonyl (C=O) groups is 1. The van der Waals surface area contributed by atoms with Gasteiger partial charge in [-0.1, -0.05) is 12.8 Å². The normalized spacial score (nSPS) is 34.4. The molecule has 4 rings (SSSR count). The van der Waals surface area contributed by atoms with E-state index in [1.165, 1.54) is 18.4 Å². The Balaban J connectivity index is 1.53. The van der Waals surface area contributed by atoms with Gasteiger partial charge < -0.3 is 15.0 Å². The van der Waals surface area contributed by atoms with Crippen LogP contribution in [0.1, 0.15) is 37.2 Å². The molecule has 2 aliphatic heterocycles. The lowest BCUT2D eigenvalue weighted by Gasteiger charge is -2.45. The summed E-state index contributed by atoms with van der Waals surface area (Å²) in [6, 6.07) is 0.292. The Morgan fingerprint density at radius 2 is 2.22 bits per heavy atom. The molecule has 6 heteroatoms. The average molecular weight is 318 g/mol. The van der Waals surface area contributed by atoms with E-state index in [0.717, 1.165) is 32.5 Å². The van der Waals surface area contributed by atoms with Crippen molar-refractivity contribution in [3.63, 3.8) is 0 Å². The fraction of sp³-hybridized carbons (Fsp3) is 0.765. The third-order valence-corrected chi connectivity index (χ3v) is 5.70. The van der Waals surface area contributed by atoms with Crippen LogP contribution >= 0.6 is 0 Å². The van der Waals surface area contributed by atoms with Gasteiger partial charge in [0.05, 0.1) is 30.9 Å². The zero-order chi connectivity index (χ0) is 15.8. The van der Waals surface area contributed by atoms with Crippen LogP contribution in [0.4, 0.5) is 0 Å². The summed E-state index contributed by atoms with van der Waals surface area (Å²) in [5.41, 5.74) is 1.17. The number of nitrogens with one attached hydrogen (secondary N) is 1. The molecule has 1 amide bonds. The van der Waals surface area contributed by atoms with Crippen molar-refractivity contribution in [1.29, 1.82) is 0 Å². The zero-order valence-corrected chi connectivity index (χ0v) is 13.8. The zero-order valence-electron chi connectivity index (χ0n) is 13.8. The summed E-state index contributed by atoms with van der Waals surface area (Å²) in [4.78, 5) is 15.4. The van der Waals surface area contributed by atoms with Crippen LogP contribution in [0.15, 0.2) is 12.4 Å². The average Bonchev–Trinajstić information content (AvgIpc) is 3.22. The van der Waals surface area contributed by atoms with Gasteiger partial charge in [-0.05, 0) is 18.4 Å². The summed E-state index contributed by atoms with van der Waals surface area (Å²) in [5, 5.41) is 7.68. The molecule has 1 aliphatic carbocycles. The van der Waals surface area contributed by atoms with E-state index in [-0.39, 0.29) is 17.9 Å². The van der Waals surface area contributed by atoms with Crippen LogP contribution in [-0.2, 0) is 16.6 Å². The van der Waals surface area contributed by atoms with E-state index in [9.17, 15) is 4.79 Å². The second kappa shape index (κ2) is 6.24. The van der Waals surface area contributed by atoms with E-state index in [0.29, 0.717) is 18.6 Å². The van der Waals surface area contributed by atoms with Crippen LogP contribution in [0.25, 0.3) is 0 Å². The summed E-state index contributed by atoms with van der Waals surface area (Å²) in [6.07, 6.45) is 8.84. The molecule has 1 aromatic heterocycles. The van der Waals surface area contributed by atoms with Gasteiger partial charge in [-0.25, -0.2) is 0 Å². The molecule has 1 saturated carbocycles. The molecule has 0 bridgehead atoms. The Kier molecular flexibility index (Phi) is 4.11. The summed E-state index contributed by atoms with van der Waals surface area (Å²) in [7, 11) is 1.93. The molecule has 3 heterocycles. The number of aryl methyl sites for hydroxylation is 1. The molecular formula is C17H26N4O2. The van der Waals surface area contributed by atoms with E-state index in [1.54, 1.807) is 0 Å². The van der Waals surface area contributed by atoms with Crippen molar-refractivity contribution in [3.05, 3.63) is 18.0 Å². The summed E-state index contributed by atoms with van der Waals surface area (Å²) < 4.78 is 7.74. The smallest absolute Gasteiger partial charge is 0.228 e. The van der Waals surface area contributed by atoms with Gasteiger partial charge in [0.15, 0.2) is 0 Å². The highest BCUT2D eigenvalue weighted by molar-refractivity contribution is 5.81. The minimum Gasteiger partial charge on any atom is -0.374 e. The van der Waals surface area contributed by atoms with Crippen molar-refractivity contribution in [1.82, 2.24) is 20.0 Å². The Morgan fingerprint density at radius 1 is 1.35 bits per heavy atom. The lowest BCUT2D eigenvalue weighted by atomic mass is 9.86. The molecule has 0 aromatic carbocycles. The highest BCUT2D eigenvalue weighted by atomic mass is 16.5. The number of hydrogen-bond acceptors (Lipinski definition) is 4. The lowest BCUT2D eigenvalue weighted by Crippen LogP contribution is -2.56. The predicted octanol–water partition coefficient (Wildman–Crippen LogP) is 0.893. The Labute approximate surface area is 137 Å². The highest BCUT2D eigenvalue weighted by Gasteiger charge is 2.42. The van der Waals surface area contributed by atoms with Crippen LogP contribution in [0.5, 0.6) is 0 Å². The van der Waals surface area contributed by atoms with Gasteiger partial charge in [0.25, 0.3) is 0 Å². The number of fused-ring (bicyclic) bond motifs is 1. The molecule has 4 atom stereocenters. The molecule has 1 aromatic rings. The van der Waals surface area contributed by atoms with E-state index < -0.39 is 0 Å². The predicted molar refractivity (Wildman–Crippen MR) is 86.0 cm³/mol. The number of hydrogen-bond donors (Lipinski definition) is 1. The molecule has 3 fully saturated rings. The second-order valence-corrected chi connectivity index (χ2v) is 7.11. The number of carbonyl (C=O) groups excluding carboxylic acids is 1. The molecule has 23 heavy (non-hydrogen) atoms. The maximum Gasteiger partial charge on any atom is 0.228 e. The maximum absolute atomic E-state index is 13.2. The number of aromatic nitrogens is 2. The van der Waals surface area contributed by atoms with Crippen LogP contribution in [-0.4, -0.2) is 59.0 Å². The maximum atomic E-state index is 13.2. The summed E-state index contributed by atoms with van der Waals surface area (Å²) >= 11 is 0. The van der Waals surface area contributed by atoms with Gasteiger partial charge in [0.1, 0.15) is 0 Å². The monoisotopic (exact) mass is 318 g/mol. The lowest BCUT2D eigenvalue weighted by molar-refractivity contribution is -0.153. The summed E-state index contributed by atoms with van der Waals surface area (Å²) in [6.45, 7) is 3.06. The van der Waals surface area contributed by atoms with Crippen molar-refractivity contribution in [3.8, 4) is 0 Å². The van der Waals surface area contributed by atoms with E-state index in [2.05, 4.69) is 15.3 Å². The third kappa shape index (κ3) is 2.78. The fourth-order valence-corrected chi connectivity index (χ4v) is 4.50. The van der Waals surface area contributed by atoms with E-state index in [4.69, 9.17) is 4.74 Å². The van der Waals surface area contributed by atoms with Gasteiger partial charge in [0.2, 0.25) is 5.91 Å². The molecular weight excluding hydrogens is 292 g/mol. The molecule has 0 spiro atoms. The molecule has 126 valence electrons. The van der Waals surface area contributed by atoms with Crippen LogP contribution in [0.3, 0.4) is 0 Å². The van der Waals surface area contributed by atoms with Crippen molar-refractivity contribution in [2.75, 3.05) is 26.2 Å². The largest absolute Gasteiger partial charge is 0.374 e. The first-order valence-corrected chi connectivity index (χ1v) is 8.85. The fourth-order valence-electron chi connectivity index (χ4n) is 4.50. The van der Waals surface area contributed by atoms with Crippen LogP contribution in [0, 0.1) is 5.92 Å². The van der Waals surface area contributed by atoms with Crippen molar-refractivity contribution >= 4 is 5.91 Å². The topological polar surface area (TPSA) is 59.4 Å². The van der Waals surface area contributed by atoms with Crippen LogP contribution in [0.2, 0.25) is 0 Å². The Bertz CT molecular complexity index is 571. The van der Waals surface area contributed by atoms with Gasteiger partial charge in [0, 0.05) is 38.8 Å². The minimum absolute atomic E-state index is 0.0277. The van der Waals surface area contributed by atoms with Crippen molar-refractivity contribution < 1.29 is 9.53 Å². The second-order valence-electron chi connectivity index (χ2n) is 7.11. The number of nitrogens with zero attached hydrogens (tertiary/aromatic N) is 3. The third-order valence-electron chi connectivity index (χ3n) is 5.70. The molecule has 2 saturated heterocycles. The van der Waals surface area contributed by atoms with E-state index in [1.807, 2.05) is 24.1 Å². The van der Waals surface area contributed by atoms with Gasteiger partial charge in [-0.3, -0.25) is 9.48 Å². The highest BCUT2D eigenvalue weighted by Crippen LogP contribution is 2.34. The first kappa shape index (κ1) is 15.1. The number of rotatable bonds is 2.